The first-order chi connectivity index (χ1) is 6.18. The van der Waals surface area contributed by atoms with E-state index in [1.54, 1.807) is 0 Å². The molecule has 1 rings (SSSR count). The average Bonchev–Trinajstić information content (AvgIpc) is 2.06. The lowest BCUT2D eigenvalue weighted by molar-refractivity contribution is -0.111. The first-order valence-corrected chi connectivity index (χ1v) is 4.80. The second-order valence-electron chi connectivity index (χ2n) is 2.52. The molecule has 1 nitrogen and oxygen atoms in total. The molecule has 13 heavy (non-hydrogen) atoms. The van der Waals surface area contributed by atoms with E-state index in [0.717, 1.165) is 11.1 Å². The second kappa shape index (κ2) is 6.67. The Morgan fingerprint density at radius 3 is 2.46 bits per heavy atom. The monoisotopic (exact) mass is 198 g/mol. The van der Waals surface area contributed by atoms with Gasteiger partial charge in [0.1, 0.15) is 0 Å². The van der Waals surface area contributed by atoms with Gasteiger partial charge in [0.25, 0.3) is 0 Å². The fraction of sp³-hybridized carbons (Fsp3) is 0.364. The van der Waals surface area contributed by atoms with Gasteiger partial charge in [-0.2, -0.15) is 0 Å². The fourth-order valence-corrected chi connectivity index (χ4v) is 1.14. The van der Waals surface area contributed by atoms with Crippen molar-refractivity contribution in [2.45, 2.75) is 27.2 Å². The van der Waals surface area contributed by atoms with Crippen LogP contribution < -0.4 is 0 Å². The van der Waals surface area contributed by atoms with Gasteiger partial charge in [-0.3, -0.25) is 4.79 Å². The topological polar surface area (TPSA) is 17.1 Å². The SMILES string of the molecule is CC.Cc1cccc(CC(=O)Cl)c1. The molecule has 0 aromatic heterocycles. The number of hydrogen-bond donors (Lipinski definition) is 0. The zero-order chi connectivity index (χ0) is 10.3. The van der Waals surface area contributed by atoms with Crippen LogP contribution in [0, 0.1) is 6.92 Å². The van der Waals surface area contributed by atoms with E-state index in [2.05, 4.69) is 0 Å². The van der Waals surface area contributed by atoms with Gasteiger partial charge in [-0.15, -0.1) is 0 Å². The van der Waals surface area contributed by atoms with Crippen molar-refractivity contribution in [3.63, 3.8) is 0 Å². The zero-order valence-corrected chi connectivity index (χ0v) is 9.06. The Kier molecular flexibility index (Phi) is 6.25. The summed E-state index contributed by atoms with van der Waals surface area (Å²) < 4.78 is 0. The highest BCUT2D eigenvalue weighted by atomic mass is 35.5. The molecule has 0 aliphatic carbocycles. The van der Waals surface area contributed by atoms with Gasteiger partial charge in [-0.1, -0.05) is 43.7 Å². The minimum Gasteiger partial charge on any atom is -0.281 e. The highest BCUT2D eigenvalue weighted by Crippen LogP contribution is 2.05. The summed E-state index contributed by atoms with van der Waals surface area (Å²) in [7, 11) is 0. The van der Waals surface area contributed by atoms with Gasteiger partial charge in [0.2, 0.25) is 5.24 Å². The maximum Gasteiger partial charge on any atom is 0.226 e. The van der Waals surface area contributed by atoms with E-state index in [0.29, 0.717) is 6.42 Å². The lowest BCUT2D eigenvalue weighted by Crippen LogP contribution is -1.92. The molecule has 0 aliphatic heterocycles. The smallest absolute Gasteiger partial charge is 0.226 e. The third-order valence-corrected chi connectivity index (χ3v) is 1.56. The number of benzene rings is 1. The molecule has 0 atom stereocenters. The molecule has 72 valence electrons. The minimum absolute atomic E-state index is 0.310. The van der Waals surface area contributed by atoms with Crippen LogP contribution in [0.4, 0.5) is 0 Å². The molecule has 0 fully saturated rings. The van der Waals surface area contributed by atoms with Crippen LogP contribution in [0.15, 0.2) is 24.3 Å². The van der Waals surface area contributed by atoms with Gasteiger partial charge >= 0.3 is 0 Å². The van der Waals surface area contributed by atoms with E-state index < -0.39 is 0 Å². The molecular formula is C11H15ClO. The van der Waals surface area contributed by atoms with Gasteiger partial charge < -0.3 is 0 Å². The third kappa shape index (κ3) is 5.42. The summed E-state index contributed by atoms with van der Waals surface area (Å²) >= 11 is 5.23. The van der Waals surface area contributed by atoms with E-state index in [1.807, 2.05) is 45.0 Å². The summed E-state index contributed by atoms with van der Waals surface area (Å²) in [5.74, 6) is 0. The van der Waals surface area contributed by atoms with Crippen molar-refractivity contribution < 1.29 is 4.79 Å². The normalized spacial score (nSPS) is 8.62. The second-order valence-corrected chi connectivity index (χ2v) is 2.94. The fourth-order valence-electron chi connectivity index (χ4n) is 0.983. The van der Waals surface area contributed by atoms with Crippen LogP contribution in [0.25, 0.3) is 0 Å². The van der Waals surface area contributed by atoms with Crippen LogP contribution in [0.1, 0.15) is 25.0 Å². The maximum atomic E-state index is 10.5. The van der Waals surface area contributed by atoms with E-state index in [1.165, 1.54) is 0 Å². The van der Waals surface area contributed by atoms with Gasteiger partial charge in [0, 0.05) is 6.42 Å². The molecule has 0 spiro atoms. The quantitative estimate of drug-likeness (QED) is 0.667. The van der Waals surface area contributed by atoms with Crippen LogP contribution in [-0.2, 0) is 11.2 Å². The highest BCUT2D eigenvalue weighted by molar-refractivity contribution is 6.63. The van der Waals surface area contributed by atoms with Crippen LogP contribution >= 0.6 is 11.6 Å². The Hall–Kier alpha value is -0.820. The summed E-state index contributed by atoms with van der Waals surface area (Å²) in [4.78, 5) is 10.5. The van der Waals surface area contributed by atoms with E-state index in [9.17, 15) is 4.79 Å². The van der Waals surface area contributed by atoms with Crippen LogP contribution in [0.5, 0.6) is 0 Å². The van der Waals surface area contributed by atoms with Crippen LogP contribution in [-0.4, -0.2) is 5.24 Å². The van der Waals surface area contributed by atoms with E-state index in [4.69, 9.17) is 11.6 Å². The third-order valence-electron chi connectivity index (χ3n) is 1.43. The molecule has 0 saturated heterocycles. The predicted molar refractivity (Wildman–Crippen MR) is 57.1 cm³/mol. The Morgan fingerprint density at radius 2 is 2.00 bits per heavy atom. The molecule has 0 amide bonds. The van der Waals surface area contributed by atoms with Gasteiger partial charge in [0.05, 0.1) is 0 Å². The molecule has 0 heterocycles. The number of carbonyl (C=O) groups is 1. The Balaban J connectivity index is 0.000000671. The largest absolute Gasteiger partial charge is 0.281 e. The summed E-state index contributed by atoms with van der Waals surface area (Å²) in [5, 5.41) is -0.310. The van der Waals surface area contributed by atoms with E-state index >= 15 is 0 Å². The summed E-state index contributed by atoms with van der Waals surface area (Å²) in [6.45, 7) is 5.99. The lowest BCUT2D eigenvalue weighted by Gasteiger charge is -1.96. The number of carbonyl (C=O) groups excluding carboxylic acids is 1. The molecule has 0 bridgehead atoms. The highest BCUT2D eigenvalue weighted by Gasteiger charge is 1.97. The van der Waals surface area contributed by atoms with Gasteiger partial charge in [-0.25, -0.2) is 0 Å². The summed E-state index contributed by atoms with van der Waals surface area (Å²) in [6, 6.07) is 7.76. The van der Waals surface area contributed by atoms with Gasteiger partial charge in [-0.05, 0) is 24.1 Å². The number of rotatable bonds is 2. The molecule has 1 aromatic rings. The van der Waals surface area contributed by atoms with Crippen LogP contribution in [0.3, 0.4) is 0 Å². The van der Waals surface area contributed by atoms with Crippen molar-refractivity contribution in [2.75, 3.05) is 0 Å². The Morgan fingerprint density at radius 1 is 1.38 bits per heavy atom. The standard InChI is InChI=1S/C9H9ClO.C2H6/c1-7-3-2-4-8(5-7)6-9(10)11;1-2/h2-5H,6H2,1H3;1-2H3. The van der Waals surface area contributed by atoms with Crippen LogP contribution in [0.2, 0.25) is 0 Å². The number of halogens is 1. The lowest BCUT2D eigenvalue weighted by atomic mass is 10.1. The number of aryl methyl sites for hydroxylation is 1. The zero-order valence-electron chi connectivity index (χ0n) is 8.30. The molecule has 0 unspecified atom stereocenters. The average molecular weight is 199 g/mol. The van der Waals surface area contributed by atoms with Crippen molar-refractivity contribution in [3.05, 3.63) is 35.4 Å². The van der Waals surface area contributed by atoms with Crippen molar-refractivity contribution >= 4 is 16.8 Å². The first-order valence-electron chi connectivity index (χ1n) is 4.42. The van der Waals surface area contributed by atoms with E-state index in [-0.39, 0.29) is 5.24 Å². The summed E-state index contributed by atoms with van der Waals surface area (Å²) in [5.41, 5.74) is 2.13. The molecule has 1 aromatic carbocycles. The Bertz CT molecular complexity index is 269. The van der Waals surface area contributed by atoms with Gasteiger partial charge in [0.15, 0.2) is 0 Å². The van der Waals surface area contributed by atoms with Crippen molar-refractivity contribution in [3.8, 4) is 0 Å². The number of hydrogen-bond acceptors (Lipinski definition) is 1. The molecular weight excluding hydrogens is 184 g/mol. The minimum atomic E-state index is -0.310. The maximum absolute atomic E-state index is 10.5. The molecule has 0 saturated carbocycles. The molecule has 2 heteroatoms. The molecule has 0 radical (unpaired) electrons. The van der Waals surface area contributed by atoms with Crippen molar-refractivity contribution in [1.29, 1.82) is 0 Å². The Labute approximate surface area is 84.7 Å². The van der Waals surface area contributed by atoms with Crippen molar-refractivity contribution in [1.82, 2.24) is 0 Å². The first kappa shape index (κ1) is 12.2. The summed E-state index contributed by atoms with van der Waals surface area (Å²) in [6.07, 6.45) is 0.323. The predicted octanol–water partition coefficient (Wildman–Crippen LogP) is 3.33. The van der Waals surface area contributed by atoms with Crippen molar-refractivity contribution in [2.24, 2.45) is 0 Å². The molecule has 0 aliphatic rings. The molecule has 0 N–H and O–H groups in total.